The third kappa shape index (κ3) is 4.41. The van der Waals surface area contributed by atoms with E-state index in [0.29, 0.717) is 18.9 Å². The van der Waals surface area contributed by atoms with Crippen molar-refractivity contribution in [3.05, 3.63) is 41.5 Å². The Balaban J connectivity index is 1.72. The number of alkyl halides is 3. The molecule has 11 heteroatoms. The molecule has 150 valence electrons. The summed E-state index contributed by atoms with van der Waals surface area (Å²) in [5.41, 5.74) is 0.0654. The standard InChI is InChI=1S/C17H18F3N5O3/c1-2-6-21-15(26)14-23-22-13-10-24(7-8-25(13)14)16(27)11-4-3-5-12(9-11)28-17(18,19)20/h3-5,9H,2,6-8,10H2,1H3,(H,21,26). The van der Waals surface area contributed by atoms with Crippen molar-refractivity contribution in [2.24, 2.45) is 0 Å². The summed E-state index contributed by atoms with van der Waals surface area (Å²) in [5, 5.41) is 10.6. The largest absolute Gasteiger partial charge is 0.573 e. The third-order valence-corrected chi connectivity index (χ3v) is 4.09. The normalized spacial score (nSPS) is 13.8. The van der Waals surface area contributed by atoms with Crippen molar-refractivity contribution in [3.63, 3.8) is 0 Å². The topological polar surface area (TPSA) is 89.4 Å². The lowest BCUT2D eigenvalue weighted by atomic mass is 10.1. The fourth-order valence-corrected chi connectivity index (χ4v) is 2.83. The number of fused-ring (bicyclic) bond motifs is 1. The summed E-state index contributed by atoms with van der Waals surface area (Å²) >= 11 is 0. The van der Waals surface area contributed by atoms with Gasteiger partial charge < -0.3 is 19.5 Å². The first kappa shape index (κ1) is 19.6. The van der Waals surface area contributed by atoms with Crippen LogP contribution in [0.5, 0.6) is 5.75 Å². The van der Waals surface area contributed by atoms with Crippen molar-refractivity contribution < 1.29 is 27.5 Å². The highest BCUT2D eigenvalue weighted by Gasteiger charge is 2.32. The number of nitrogens with one attached hydrogen (secondary N) is 1. The Morgan fingerprint density at radius 1 is 1.25 bits per heavy atom. The molecule has 2 heterocycles. The molecule has 0 saturated heterocycles. The Bertz CT molecular complexity index is 881. The number of carbonyl (C=O) groups is 2. The van der Waals surface area contributed by atoms with E-state index < -0.39 is 18.0 Å². The van der Waals surface area contributed by atoms with Gasteiger partial charge in [-0.25, -0.2) is 0 Å². The minimum absolute atomic E-state index is 0.0654. The lowest BCUT2D eigenvalue weighted by Crippen LogP contribution is -2.39. The summed E-state index contributed by atoms with van der Waals surface area (Å²) < 4.78 is 42.6. The van der Waals surface area contributed by atoms with E-state index >= 15 is 0 Å². The molecule has 3 rings (SSSR count). The van der Waals surface area contributed by atoms with E-state index in [1.54, 1.807) is 4.57 Å². The van der Waals surface area contributed by atoms with E-state index in [-0.39, 0.29) is 30.4 Å². The molecular weight excluding hydrogens is 379 g/mol. The van der Waals surface area contributed by atoms with Gasteiger partial charge in [0.25, 0.3) is 11.8 Å². The lowest BCUT2D eigenvalue weighted by Gasteiger charge is -2.28. The zero-order valence-corrected chi connectivity index (χ0v) is 15.0. The molecule has 0 fully saturated rings. The zero-order valence-electron chi connectivity index (χ0n) is 15.0. The predicted molar refractivity (Wildman–Crippen MR) is 90.5 cm³/mol. The summed E-state index contributed by atoms with van der Waals surface area (Å²) in [6.45, 7) is 3.11. The van der Waals surface area contributed by atoms with E-state index in [2.05, 4.69) is 20.3 Å². The van der Waals surface area contributed by atoms with Crippen LogP contribution in [-0.2, 0) is 13.1 Å². The number of ether oxygens (including phenoxy) is 1. The van der Waals surface area contributed by atoms with Crippen molar-refractivity contribution in [1.82, 2.24) is 25.0 Å². The van der Waals surface area contributed by atoms with Crippen LogP contribution in [-0.4, -0.2) is 50.9 Å². The van der Waals surface area contributed by atoms with Crippen molar-refractivity contribution in [2.45, 2.75) is 32.8 Å². The summed E-state index contributed by atoms with van der Waals surface area (Å²) in [7, 11) is 0. The number of rotatable bonds is 5. The molecular formula is C17H18F3N5O3. The van der Waals surface area contributed by atoms with Gasteiger partial charge >= 0.3 is 6.36 Å². The van der Waals surface area contributed by atoms with Crippen molar-refractivity contribution in [2.75, 3.05) is 13.1 Å². The highest BCUT2D eigenvalue weighted by atomic mass is 19.4. The summed E-state index contributed by atoms with van der Waals surface area (Å²) in [6.07, 6.45) is -4.05. The highest BCUT2D eigenvalue weighted by Crippen LogP contribution is 2.24. The molecule has 0 aliphatic carbocycles. The molecule has 2 amide bonds. The number of nitrogens with zero attached hydrogens (tertiary/aromatic N) is 4. The molecule has 1 aromatic carbocycles. The van der Waals surface area contributed by atoms with Gasteiger partial charge in [-0.05, 0) is 24.6 Å². The lowest BCUT2D eigenvalue weighted by molar-refractivity contribution is -0.274. The zero-order chi connectivity index (χ0) is 20.3. The Kier molecular flexibility index (Phi) is 5.52. The number of carbonyl (C=O) groups excluding carboxylic acids is 2. The summed E-state index contributed by atoms with van der Waals surface area (Å²) in [5.74, 6) is -0.648. The van der Waals surface area contributed by atoms with Gasteiger partial charge in [-0.15, -0.1) is 23.4 Å². The van der Waals surface area contributed by atoms with Gasteiger partial charge in [0.2, 0.25) is 5.82 Å². The van der Waals surface area contributed by atoms with Crippen LogP contribution in [0, 0.1) is 0 Å². The summed E-state index contributed by atoms with van der Waals surface area (Å²) in [4.78, 5) is 26.2. The van der Waals surface area contributed by atoms with Gasteiger partial charge in [-0.2, -0.15) is 0 Å². The molecule has 2 aromatic rings. The number of hydrogen-bond acceptors (Lipinski definition) is 5. The molecule has 1 aliphatic rings. The van der Waals surface area contributed by atoms with Crippen LogP contribution in [0.1, 0.15) is 40.1 Å². The summed E-state index contributed by atoms with van der Waals surface area (Å²) in [6, 6.07) is 4.89. The van der Waals surface area contributed by atoms with Gasteiger partial charge in [0, 0.05) is 25.2 Å². The molecule has 28 heavy (non-hydrogen) atoms. The SMILES string of the molecule is CCCNC(=O)c1nnc2n1CCN(C(=O)c1cccc(OC(F)(F)F)c1)C2. The van der Waals surface area contributed by atoms with E-state index in [9.17, 15) is 22.8 Å². The Hall–Kier alpha value is -3.11. The van der Waals surface area contributed by atoms with Crippen LogP contribution in [0.25, 0.3) is 0 Å². The average Bonchev–Trinajstić information content (AvgIpc) is 3.07. The number of halogens is 3. The maximum Gasteiger partial charge on any atom is 0.573 e. The van der Waals surface area contributed by atoms with Gasteiger partial charge in [0.15, 0.2) is 5.82 Å². The van der Waals surface area contributed by atoms with Gasteiger partial charge in [-0.3, -0.25) is 9.59 Å². The molecule has 0 saturated carbocycles. The smallest absolute Gasteiger partial charge is 0.406 e. The molecule has 1 aromatic heterocycles. The number of aromatic nitrogens is 3. The maximum absolute atomic E-state index is 12.7. The second kappa shape index (κ2) is 7.87. The average molecular weight is 397 g/mol. The predicted octanol–water partition coefficient (Wildman–Crippen LogP) is 1.97. The molecule has 8 nitrogen and oxygen atoms in total. The molecule has 0 unspecified atom stereocenters. The number of amides is 2. The van der Waals surface area contributed by atoms with Crippen LogP contribution < -0.4 is 10.1 Å². The first-order chi connectivity index (χ1) is 13.3. The van der Waals surface area contributed by atoms with Crippen LogP contribution in [0.3, 0.4) is 0 Å². The fourth-order valence-electron chi connectivity index (χ4n) is 2.83. The van der Waals surface area contributed by atoms with E-state index in [1.807, 2.05) is 6.92 Å². The van der Waals surface area contributed by atoms with E-state index in [4.69, 9.17) is 0 Å². The fraction of sp³-hybridized carbons (Fsp3) is 0.412. The van der Waals surface area contributed by atoms with Crippen LogP contribution >= 0.6 is 0 Å². The van der Waals surface area contributed by atoms with Gasteiger partial charge in [0.05, 0.1) is 6.54 Å². The van der Waals surface area contributed by atoms with Gasteiger partial charge in [-0.1, -0.05) is 13.0 Å². The van der Waals surface area contributed by atoms with Crippen LogP contribution in [0.4, 0.5) is 13.2 Å². The third-order valence-electron chi connectivity index (χ3n) is 4.09. The van der Waals surface area contributed by atoms with E-state index in [1.165, 1.54) is 17.0 Å². The Morgan fingerprint density at radius 3 is 2.75 bits per heavy atom. The van der Waals surface area contributed by atoms with Crippen molar-refractivity contribution in [3.8, 4) is 5.75 Å². The number of hydrogen-bond donors (Lipinski definition) is 1. The molecule has 0 spiro atoms. The van der Waals surface area contributed by atoms with Crippen LogP contribution in [0.2, 0.25) is 0 Å². The highest BCUT2D eigenvalue weighted by molar-refractivity contribution is 5.94. The van der Waals surface area contributed by atoms with Crippen molar-refractivity contribution in [1.29, 1.82) is 0 Å². The number of benzene rings is 1. The van der Waals surface area contributed by atoms with E-state index in [0.717, 1.165) is 18.6 Å². The monoisotopic (exact) mass is 397 g/mol. The first-order valence-electron chi connectivity index (χ1n) is 8.64. The molecule has 0 atom stereocenters. The Labute approximate surface area is 158 Å². The molecule has 0 radical (unpaired) electrons. The Morgan fingerprint density at radius 2 is 2.04 bits per heavy atom. The second-order valence-electron chi connectivity index (χ2n) is 6.15. The van der Waals surface area contributed by atoms with Gasteiger partial charge in [0.1, 0.15) is 5.75 Å². The second-order valence-corrected chi connectivity index (χ2v) is 6.15. The van der Waals surface area contributed by atoms with Crippen molar-refractivity contribution >= 4 is 11.8 Å². The first-order valence-corrected chi connectivity index (χ1v) is 8.64. The van der Waals surface area contributed by atoms with Crippen LogP contribution in [0.15, 0.2) is 24.3 Å². The molecule has 1 aliphatic heterocycles. The minimum atomic E-state index is -4.84. The minimum Gasteiger partial charge on any atom is -0.406 e. The maximum atomic E-state index is 12.7. The quantitative estimate of drug-likeness (QED) is 0.833. The molecule has 0 bridgehead atoms. The molecule has 1 N–H and O–H groups in total.